The van der Waals surface area contributed by atoms with Crippen LogP contribution in [0.5, 0.6) is 17.2 Å². The van der Waals surface area contributed by atoms with Crippen molar-refractivity contribution in [1.29, 1.82) is 0 Å². The smallest absolute Gasteiger partial charge is 0.203 e. The van der Waals surface area contributed by atoms with Gasteiger partial charge in [-0.15, -0.1) is 0 Å². The summed E-state index contributed by atoms with van der Waals surface area (Å²) in [5.74, 6) is 1.77. The third kappa shape index (κ3) is 5.74. The summed E-state index contributed by atoms with van der Waals surface area (Å²) in [6.07, 6.45) is -0.449. The lowest BCUT2D eigenvalue weighted by molar-refractivity contribution is -1.00. The Hall–Kier alpha value is -1.54. The van der Waals surface area contributed by atoms with E-state index >= 15 is 0 Å². The highest BCUT2D eigenvalue weighted by atomic mass is 16.5. The molecule has 1 aliphatic heterocycles. The van der Waals surface area contributed by atoms with Crippen LogP contribution in [-0.4, -0.2) is 78.9 Å². The minimum absolute atomic E-state index is 0.322. The molecule has 7 nitrogen and oxygen atoms in total. The maximum atomic E-state index is 10.2. The van der Waals surface area contributed by atoms with Gasteiger partial charge in [0.2, 0.25) is 5.75 Å². The van der Waals surface area contributed by atoms with Gasteiger partial charge in [-0.2, -0.15) is 0 Å². The van der Waals surface area contributed by atoms with Crippen molar-refractivity contribution in [2.45, 2.75) is 12.7 Å². The monoisotopic (exact) mass is 356 g/mol. The molecule has 1 saturated heterocycles. The SMILES string of the molecule is COc1cc(COC[C@@H](O)C[NH+]2CC[NH+](C)CC2)cc(OC)c1OC. The van der Waals surface area contributed by atoms with E-state index in [-0.39, 0.29) is 0 Å². The summed E-state index contributed by atoms with van der Waals surface area (Å²) in [5.41, 5.74) is 0.914. The van der Waals surface area contributed by atoms with Crippen molar-refractivity contribution in [3.05, 3.63) is 17.7 Å². The quantitative estimate of drug-likeness (QED) is 0.478. The van der Waals surface area contributed by atoms with Crippen LogP contribution in [0.2, 0.25) is 0 Å². The van der Waals surface area contributed by atoms with Gasteiger partial charge in [-0.05, 0) is 17.7 Å². The highest BCUT2D eigenvalue weighted by molar-refractivity contribution is 5.53. The molecule has 0 bridgehead atoms. The zero-order chi connectivity index (χ0) is 18.2. The summed E-state index contributed by atoms with van der Waals surface area (Å²) < 4.78 is 21.7. The Bertz CT molecular complexity index is 507. The van der Waals surface area contributed by atoms with E-state index in [1.165, 1.54) is 4.90 Å². The average molecular weight is 356 g/mol. The molecule has 1 atom stereocenters. The van der Waals surface area contributed by atoms with Gasteiger partial charge in [0.1, 0.15) is 38.8 Å². The Kier molecular flexibility index (Phi) is 7.77. The van der Waals surface area contributed by atoms with Crippen LogP contribution in [0.4, 0.5) is 0 Å². The topological polar surface area (TPSA) is 66.0 Å². The number of hydrogen-bond acceptors (Lipinski definition) is 5. The molecule has 0 aliphatic carbocycles. The lowest BCUT2D eigenvalue weighted by Crippen LogP contribution is -3.27. The maximum absolute atomic E-state index is 10.2. The molecule has 7 heteroatoms. The van der Waals surface area contributed by atoms with E-state index in [2.05, 4.69) is 7.05 Å². The van der Waals surface area contributed by atoms with Crippen LogP contribution in [0.3, 0.4) is 0 Å². The van der Waals surface area contributed by atoms with Gasteiger partial charge in [-0.25, -0.2) is 0 Å². The predicted octanol–water partition coefficient (Wildman–Crippen LogP) is -2.00. The number of aliphatic hydroxyl groups excluding tert-OH is 1. The van der Waals surface area contributed by atoms with Crippen molar-refractivity contribution in [1.82, 2.24) is 0 Å². The third-order valence-corrected chi connectivity index (χ3v) is 4.64. The van der Waals surface area contributed by atoms with Gasteiger partial charge >= 0.3 is 0 Å². The molecule has 0 unspecified atom stereocenters. The van der Waals surface area contributed by atoms with E-state index in [1.807, 2.05) is 12.1 Å². The van der Waals surface area contributed by atoms with Gasteiger partial charge in [-0.3, -0.25) is 0 Å². The standard InChI is InChI=1S/C18H30N2O5/c1-19-5-7-20(8-6-19)11-15(21)13-25-12-14-9-16(22-2)18(24-4)17(10-14)23-3/h9-10,15,21H,5-8,11-13H2,1-4H3/p+2/t15-/m0/s1. The van der Waals surface area contributed by atoms with Crippen LogP contribution in [0.1, 0.15) is 5.56 Å². The number of quaternary nitrogens is 2. The number of aliphatic hydroxyl groups is 1. The molecule has 2 rings (SSSR count). The van der Waals surface area contributed by atoms with Crippen molar-refractivity contribution < 1.29 is 33.9 Å². The molecule has 0 amide bonds. The number of rotatable bonds is 9. The number of benzene rings is 1. The Morgan fingerprint density at radius 1 is 1.00 bits per heavy atom. The summed E-state index contributed by atoms with van der Waals surface area (Å²) in [4.78, 5) is 3.02. The van der Waals surface area contributed by atoms with Gasteiger partial charge in [0.05, 0.1) is 41.6 Å². The number of hydrogen-bond donors (Lipinski definition) is 3. The number of likely N-dealkylation sites (N-methyl/N-ethyl adjacent to an activating group) is 1. The first-order chi connectivity index (χ1) is 12.1. The largest absolute Gasteiger partial charge is 0.493 e. The number of ether oxygens (including phenoxy) is 4. The zero-order valence-electron chi connectivity index (χ0n) is 15.8. The fourth-order valence-corrected chi connectivity index (χ4v) is 3.16. The number of piperazine rings is 1. The van der Waals surface area contributed by atoms with Crippen molar-refractivity contribution >= 4 is 0 Å². The van der Waals surface area contributed by atoms with Gasteiger partial charge in [0, 0.05) is 0 Å². The Balaban J connectivity index is 1.82. The molecule has 25 heavy (non-hydrogen) atoms. The Labute approximate surface area is 150 Å². The van der Waals surface area contributed by atoms with Crippen molar-refractivity contribution in [2.75, 3.05) is 67.7 Å². The van der Waals surface area contributed by atoms with Crippen molar-refractivity contribution in [2.24, 2.45) is 0 Å². The first-order valence-electron chi connectivity index (χ1n) is 8.77. The second-order valence-corrected chi connectivity index (χ2v) is 6.61. The Morgan fingerprint density at radius 3 is 2.12 bits per heavy atom. The van der Waals surface area contributed by atoms with Gasteiger partial charge < -0.3 is 33.9 Å². The van der Waals surface area contributed by atoms with Crippen LogP contribution < -0.4 is 24.0 Å². The first kappa shape index (κ1) is 19.8. The molecule has 1 aliphatic rings. The average Bonchev–Trinajstić information content (AvgIpc) is 2.62. The zero-order valence-corrected chi connectivity index (χ0v) is 15.8. The van der Waals surface area contributed by atoms with Crippen LogP contribution >= 0.6 is 0 Å². The fourth-order valence-electron chi connectivity index (χ4n) is 3.16. The van der Waals surface area contributed by atoms with E-state index in [4.69, 9.17) is 18.9 Å². The summed E-state index contributed by atoms with van der Waals surface area (Å²) in [6, 6.07) is 3.73. The van der Waals surface area contributed by atoms with Crippen LogP contribution in [-0.2, 0) is 11.3 Å². The molecule has 142 valence electrons. The molecular weight excluding hydrogens is 324 g/mol. The predicted molar refractivity (Wildman–Crippen MR) is 93.9 cm³/mol. The summed E-state index contributed by atoms with van der Waals surface area (Å²) in [6.45, 7) is 5.98. The minimum Gasteiger partial charge on any atom is -0.493 e. The Morgan fingerprint density at radius 2 is 1.60 bits per heavy atom. The van der Waals surface area contributed by atoms with E-state index in [0.717, 1.165) is 38.3 Å². The normalized spacial score (nSPS) is 21.6. The van der Waals surface area contributed by atoms with E-state index in [0.29, 0.717) is 30.5 Å². The molecule has 3 N–H and O–H groups in total. The van der Waals surface area contributed by atoms with Gasteiger partial charge in [0.15, 0.2) is 11.5 Å². The van der Waals surface area contributed by atoms with E-state index in [9.17, 15) is 5.11 Å². The maximum Gasteiger partial charge on any atom is 0.203 e. The summed E-state index contributed by atoms with van der Waals surface area (Å²) in [5, 5.41) is 10.2. The minimum atomic E-state index is -0.449. The van der Waals surface area contributed by atoms with Crippen LogP contribution in [0.15, 0.2) is 12.1 Å². The molecule has 0 aromatic heterocycles. The number of methoxy groups -OCH3 is 3. The molecule has 0 spiro atoms. The number of nitrogens with one attached hydrogen (secondary N) is 2. The molecular formula is C18H32N2O5+2. The van der Waals surface area contributed by atoms with Crippen LogP contribution in [0, 0.1) is 0 Å². The lowest BCUT2D eigenvalue weighted by atomic mass is 10.2. The highest BCUT2D eigenvalue weighted by Gasteiger charge is 2.22. The van der Waals surface area contributed by atoms with Gasteiger partial charge in [0.25, 0.3) is 0 Å². The van der Waals surface area contributed by atoms with E-state index in [1.54, 1.807) is 26.2 Å². The third-order valence-electron chi connectivity index (χ3n) is 4.64. The first-order valence-corrected chi connectivity index (χ1v) is 8.77. The molecule has 1 aromatic carbocycles. The van der Waals surface area contributed by atoms with Crippen molar-refractivity contribution in [3.63, 3.8) is 0 Å². The van der Waals surface area contributed by atoms with Crippen molar-refractivity contribution in [3.8, 4) is 17.2 Å². The molecule has 0 radical (unpaired) electrons. The molecule has 1 heterocycles. The molecule has 1 aromatic rings. The van der Waals surface area contributed by atoms with E-state index < -0.39 is 6.10 Å². The highest BCUT2D eigenvalue weighted by Crippen LogP contribution is 2.38. The summed E-state index contributed by atoms with van der Waals surface area (Å²) >= 11 is 0. The second-order valence-electron chi connectivity index (χ2n) is 6.61. The lowest BCUT2D eigenvalue weighted by Gasteiger charge is -2.28. The van der Waals surface area contributed by atoms with Crippen LogP contribution in [0.25, 0.3) is 0 Å². The molecule has 0 saturated carbocycles. The summed E-state index contributed by atoms with van der Waals surface area (Å²) in [7, 11) is 6.97. The van der Waals surface area contributed by atoms with Gasteiger partial charge in [-0.1, -0.05) is 0 Å². The second kappa shape index (κ2) is 9.82. The molecule has 1 fully saturated rings. The fraction of sp³-hybridized carbons (Fsp3) is 0.667.